The first-order valence-corrected chi connectivity index (χ1v) is 8.51. The summed E-state index contributed by atoms with van der Waals surface area (Å²) in [7, 11) is 1.59. The van der Waals surface area contributed by atoms with E-state index in [0.717, 1.165) is 23.1 Å². The monoisotopic (exact) mass is 351 g/mol. The van der Waals surface area contributed by atoms with Crippen molar-refractivity contribution >= 4 is 17.9 Å². The predicted molar refractivity (Wildman–Crippen MR) is 101 cm³/mol. The molecule has 0 radical (unpaired) electrons. The number of aryl methyl sites for hydroxylation is 1. The molecule has 0 unspecified atom stereocenters. The van der Waals surface area contributed by atoms with Crippen LogP contribution in [-0.4, -0.2) is 25.6 Å². The molecular formula is C21H21NO4. The topological polar surface area (TPSA) is 57.1 Å². The number of hydrogen-bond acceptors (Lipinski definition) is 5. The van der Waals surface area contributed by atoms with Crippen molar-refractivity contribution in [1.29, 1.82) is 0 Å². The highest BCUT2D eigenvalue weighted by molar-refractivity contribution is 6.12. The Hall–Kier alpha value is -3.08. The summed E-state index contributed by atoms with van der Waals surface area (Å²) >= 11 is 0. The Labute approximate surface area is 152 Å². The average molecular weight is 351 g/mol. The Kier molecular flexibility index (Phi) is 5.37. The van der Waals surface area contributed by atoms with Crippen LogP contribution in [0, 0.1) is 6.92 Å². The van der Waals surface area contributed by atoms with Crippen molar-refractivity contribution in [3.05, 3.63) is 64.9 Å². The summed E-state index contributed by atoms with van der Waals surface area (Å²) in [5.41, 5.74) is 2.89. The molecule has 0 atom stereocenters. The number of rotatable bonds is 6. The summed E-state index contributed by atoms with van der Waals surface area (Å²) in [5.74, 6) is 1.14. The number of benzene rings is 2. The van der Waals surface area contributed by atoms with Crippen LogP contribution >= 0.6 is 0 Å². The molecule has 0 N–H and O–H groups in total. The number of methoxy groups -OCH3 is 1. The lowest BCUT2D eigenvalue weighted by molar-refractivity contribution is -0.129. The Balaban J connectivity index is 1.88. The van der Waals surface area contributed by atoms with E-state index < -0.39 is 5.97 Å². The lowest BCUT2D eigenvalue weighted by atomic mass is 10.1. The van der Waals surface area contributed by atoms with Crippen molar-refractivity contribution in [2.24, 2.45) is 4.99 Å². The quantitative estimate of drug-likeness (QED) is 0.580. The first-order chi connectivity index (χ1) is 12.6. The molecule has 1 aliphatic rings. The first-order valence-electron chi connectivity index (χ1n) is 8.51. The van der Waals surface area contributed by atoms with Crippen LogP contribution in [0.3, 0.4) is 0 Å². The SMILES string of the molecule is CCCOc1ccc(/C=C2\N=C(c3cccc(C)c3)OC2=O)cc1OC. The second-order valence-electron chi connectivity index (χ2n) is 5.96. The van der Waals surface area contributed by atoms with Crippen molar-refractivity contribution in [2.45, 2.75) is 20.3 Å². The van der Waals surface area contributed by atoms with Gasteiger partial charge in [-0.2, -0.15) is 0 Å². The van der Waals surface area contributed by atoms with E-state index in [4.69, 9.17) is 14.2 Å². The second-order valence-corrected chi connectivity index (χ2v) is 5.96. The molecular weight excluding hydrogens is 330 g/mol. The number of carbonyl (C=O) groups excluding carboxylic acids is 1. The van der Waals surface area contributed by atoms with Gasteiger partial charge in [-0.1, -0.05) is 30.7 Å². The lowest BCUT2D eigenvalue weighted by Gasteiger charge is -2.10. The van der Waals surface area contributed by atoms with Crippen LogP contribution in [-0.2, 0) is 9.53 Å². The maximum absolute atomic E-state index is 12.1. The third kappa shape index (κ3) is 3.94. The minimum absolute atomic E-state index is 0.255. The predicted octanol–water partition coefficient (Wildman–Crippen LogP) is 4.14. The molecule has 0 aliphatic carbocycles. The fourth-order valence-corrected chi connectivity index (χ4v) is 2.57. The van der Waals surface area contributed by atoms with Gasteiger partial charge in [-0.25, -0.2) is 9.79 Å². The third-order valence-electron chi connectivity index (χ3n) is 3.84. The van der Waals surface area contributed by atoms with Crippen LogP contribution in [0.2, 0.25) is 0 Å². The van der Waals surface area contributed by atoms with Crippen LogP contribution in [0.25, 0.3) is 6.08 Å². The summed E-state index contributed by atoms with van der Waals surface area (Å²) in [6.07, 6.45) is 2.59. The van der Waals surface area contributed by atoms with Crippen LogP contribution in [0.1, 0.15) is 30.0 Å². The number of cyclic esters (lactones) is 1. The molecule has 0 fully saturated rings. The minimum atomic E-state index is -0.466. The number of esters is 1. The fraction of sp³-hybridized carbons (Fsp3) is 0.238. The van der Waals surface area contributed by atoms with Gasteiger partial charge >= 0.3 is 5.97 Å². The summed E-state index contributed by atoms with van der Waals surface area (Å²) in [6.45, 7) is 4.64. The van der Waals surface area contributed by atoms with E-state index in [-0.39, 0.29) is 5.70 Å². The molecule has 1 aliphatic heterocycles. The molecule has 0 saturated carbocycles. The molecule has 0 amide bonds. The Morgan fingerprint density at radius 3 is 2.73 bits per heavy atom. The van der Waals surface area contributed by atoms with Crippen molar-refractivity contribution < 1.29 is 19.0 Å². The zero-order chi connectivity index (χ0) is 18.5. The number of ether oxygens (including phenoxy) is 3. The van der Waals surface area contributed by atoms with E-state index in [1.54, 1.807) is 13.2 Å². The normalized spacial score (nSPS) is 15.0. The molecule has 1 heterocycles. The Bertz CT molecular complexity index is 883. The zero-order valence-corrected chi connectivity index (χ0v) is 15.1. The second kappa shape index (κ2) is 7.87. The van der Waals surface area contributed by atoms with Gasteiger partial charge in [0.2, 0.25) is 5.90 Å². The fourth-order valence-electron chi connectivity index (χ4n) is 2.57. The number of aliphatic imine (C=N–C) groups is 1. The largest absolute Gasteiger partial charge is 0.493 e. The Morgan fingerprint density at radius 2 is 2.00 bits per heavy atom. The highest BCUT2D eigenvalue weighted by Gasteiger charge is 2.24. The molecule has 0 aromatic heterocycles. The van der Waals surface area contributed by atoms with E-state index in [0.29, 0.717) is 24.0 Å². The zero-order valence-electron chi connectivity index (χ0n) is 15.1. The number of carbonyl (C=O) groups is 1. The van der Waals surface area contributed by atoms with Crippen molar-refractivity contribution in [3.8, 4) is 11.5 Å². The molecule has 26 heavy (non-hydrogen) atoms. The highest BCUT2D eigenvalue weighted by atomic mass is 16.6. The average Bonchev–Trinajstić information content (AvgIpc) is 3.01. The molecule has 2 aromatic rings. The van der Waals surface area contributed by atoms with E-state index in [9.17, 15) is 4.79 Å². The van der Waals surface area contributed by atoms with Crippen LogP contribution in [0.4, 0.5) is 0 Å². The molecule has 5 nitrogen and oxygen atoms in total. The molecule has 0 spiro atoms. The summed E-state index contributed by atoms with van der Waals surface area (Å²) < 4.78 is 16.3. The highest BCUT2D eigenvalue weighted by Crippen LogP contribution is 2.30. The maximum atomic E-state index is 12.1. The number of hydrogen-bond donors (Lipinski definition) is 0. The minimum Gasteiger partial charge on any atom is -0.493 e. The molecule has 3 rings (SSSR count). The maximum Gasteiger partial charge on any atom is 0.363 e. The van der Waals surface area contributed by atoms with Crippen LogP contribution in [0.15, 0.2) is 53.2 Å². The van der Waals surface area contributed by atoms with Crippen molar-refractivity contribution in [2.75, 3.05) is 13.7 Å². The van der Waals surface area contributed by atoms with E-state index >= 15 is 0 Å². The van der Waals surface area contributed by atoms with E-state index in [1.807, 2.05) is 56.3 Å². The molecule has 134 valence electrons. The van der Waals surface area contributed by atoms with Gasteiger partial charge in [0, 0.05) is 5.56 Å². The van der Waals surface area contributed by atoms with Gasteiger partial charge < -0.3 is 14.2 Å². The van der Waals surface area contributed by atoms with Gasteiger partial charge in [0.15, 0.2) is 17.2 Å². The van der Waals surface area contributed by atoms with Gasteiger partial charge in [0.05, 0.1) is 13.7 Å². The molecule has 0 saturated heterocycles. The van der Waals surface area contributed by atoms with Gasteiger partial charge in [0.25, 0.3) is 0 Å². The van der Waals surface area contributed by atoms with E-state index in [2.05, 4.69) is 4.99 Å². The lowest BCUT2D eigenvalue weighted by Crippen LogP contribution is -2.05. The Morgan fingerprint density at radius 1 is 1.15 bits per heavy atom. The third-order valence-corrected chi connectivity index (χ3v) is 3.84. The smallest absolute Gasteiger partial charge is 0.363 e. The van der Waals surface area contributed by atoms with Gasteiger partial charge in [-0.3, -0.25) is 0 Å². The summed E-state index contributed by atoms with van der Waals surface area (Å²) in [4.78, 5) is 16.5. The van der Waals surface area contributed by atoms with Crippen LogP contribution in [0.5, 0.6) is 11.5 Å². The van der Waals surface area contributed by atoms with E-state index in [1.165, 1.54) is 0 Å². The molecule has 5 heteroatoms. The standard InChI is InChI=1S/C21H21NO4/c1-4-10-25-18-9-8-15(13-19(18)24-3)12-17-21(23)26-20(22-17)16-7-5-6-14(2)11-16/h5-9,11-13H,4,10H2,1-3H3/b17-12-. The summed E-state index contributed by atoms with van der Waals surface area (Å²) in [5, 5.41) is 0. The van der Waals surface area contributed by atoms with Crippen LogP contribution < -0.4 is 9.47 Å². The first kappa shape index (κ1) is 17.7. The van der Waals surface area contributed by atoms with Gasteiger partial charge in [0.1, 0.15) is 0 Å². The van der Waals surface area contributed by atoms with Gasteiger partial charge in [-0.15, -0.1) is 0 Å². The number of nitrogens with zero attached hydrogens (tertiary/aromatic N) is 1. The van der Waals surface area contributed by atoms with Crippen molar-refractivity contribution in [1.82, 2.24) is 0 Å². The van der Waals surface area contributed by atoms with Crippen molar-refractivity contribution in [3.63, 3.8) is 0 Å². The molecule has 2 aromatic carbocycles. The summed E-state index contributed by atoms with van der Waals surface area (Å²) in [6, 6.07) is 13.2. The van der Waals surface area contributed by atoms with Gasteiger partial charge in [-0.05, 0) is 49.2 Å². The molecule has 0 bridgehead atoms.